The van der Waals surface area contributed by atoms with Crippen molar-refractivity contribution in [3.05, 3.63) is 89.0 Å². The number of hydrogen-bond acceptors (Lipinski definition) is 2. The molecular weight excluding hydrogens is 484 g/mol. The Morgan fingerprint density at radius 3 is 2.31 bits per heavy atom. The number of rotatable bonds is 9. The Bertz CT molecular complexity index is 1170. The number of carboxylic acid groups (broad SMARTS) is 1. The number of carbonyl (C=O) groups excluding carboxylic acids is 1. The average molecular weight is 514 g/mol. The molecule has 0 radical (unpaired) electrons. The van der Waals surface area contributed by atoms with Gasteiger partial charge in [-0.25, -0.2) is 8.78 Å². The Labute approximate surface area is 215 Å². The van der Waals surface area contributed by atoms with Gasteiger partial charge in [-0.1, -0.05) is 60.7 Å². The number of aliphatic carboxylic acids is 1. The fourth-order valence-corrected chi connectivity index (χ4v) is 5.68. The van der Waals surface area contributed by atoms with Gasteiger partial charge in [-0.2, -0.15) is 0 Å². The van der Waals surface area contributed by atoms with Crippen molar-refractivity contribution in [3.63, 3.8) is 0 Å². The lowest BCUT2D eigenvalue weighted by atomic mass is 9.57. The first kappa shape index (κ1) is 26.1. The summed E-state index contributed by atoms with van der Waals surface area (Å²) in [6.45, 7) is 3.78. The number of benzene rings is 2. The van der Waals surface area contributed by atoms with E-state index in [1.807, 2.05) is 30.3 Å². The quantitative estimate of drug-likeness (QED) is 0.288. The van der Waals surface area contributed by atoms with Gasteiger partial charge in [0, 0.05) is 11.5 Å². The van der Waals surface area contributed by atoms with Crippen LogP contribution in [0.5, 0.6) is 0 Å². The van der Waals surface area contributed by atoms with Gasteiger partial charge in [0.15, 0.2) is 5.82 Å². The Hall–Kier alpha value is -2.99. The number of fused-ring (bicyclic) bond motifs is 3. The van der Waals surface area contributed by atoms with E-state index in [1.165, 1.54) is 6.08 Å². The minimum absolute atomic E-state index is 0.0982. The zero-order chi connectivity index (χ0) is 25.9. The number of amides is 1. The number of carboxylic acids is 1. The van der Waals surface area contributed by atoms with E-state index in [-0.39, 0.29) is 27.6 Å². The maximum atomic E-state index is 14.4. The van der Waals surface area contributed by atoms with Gasteiger partial charge in [-0.3, -0.25) is 9.59 Å². The predicted octanol–water partition coefficient (Wildman–Crippen LogP) is 6.73. The molecule has 3 aliphatic rings. The molecule has 7 heteroatoms. The summed E-state index contributed by atoms with van der Waals surface area (Å²) in [5.74, 6) is -2.86. The Balaban J connectivity index is 1.48. The zero-order valence-electron chi connectivity index (χ0n) is 20.0. The summed E-state index contributed by atoms with van der Waals surface area (Å²) < 4.78 is 28.6. The van der Waals surface area contributed by atoms with Crippen LogP contribution in [0.15, 0.2) is 61.2 Å². The van der Waals surface area contributed by atoms with E-state index in [1.54, 1.807) is 6.08 Å². The second kappa shape index (κ2) is 10.6. The molecule has 0 saturated heterocycles. The first-order valence-corrected chi connectivity index (χ1v) is 12.6. The van der Waals surface area contributed by atoms with Crippen LogP contribution in [0.1, 0.15) is 56.1 Å². The number of carbonyl (C=O) groups is 2. The van der Waals surface area contributed by atoms with Crippen LogP contribution in [0, 0.1) is 23.0 Å². The van der Waals surface area contributed by atoms with Crippen molar-refractivity contribution >= 4 is 29.1 Å². The number of halogens is 3. The minimum atomic E-state index is -0.865. The Kier molecular flexibility index (Phi) is 7.65. The van der Waals surface area contributed by atoms with Crippen molar-refractivity contribution in [3.8, 4) is 0 Å². The van der Waals surface area contributed by atoms with Crippen LogP contribution in [0.2, 0.25) is 5.02 Å². The lowest BCUT2D eigenvalue weighted by Gasteiger charge is -2.51. The van der Waals surface area contributed by atoms with Crippen molar-refractivity contribution in [1.82, 2.24) is 5.32 Å². The summed E-state index contributed by atoms with van der Waals surface area (Å²) in [6, 6.07) is 11.9. The summed E-state index contributed by atoms with van der Waals surface area (Å²) in [6.07, 6.45) is 7.76. The van der Waals surface area contributed by atoms with Gasteiger partial charge in [-0.05, 0) is 74.6 Å². The lowest BCUT2D eigenvalue weighted by Crippen LogP contribution is -2.59. The molecule has 0 aromatic heterocycles. The first-order chi connectivity index (χ1) is 17.1. The molecule has 3 aliphatic carbocycles. The van der Waals surface area contributed by atoms with Crippen molar-refractivity contribution in [2.24, 2.45) is 11.3 Å². The van der Waals surface area contributed by atoms with Crippen LogP contribution in [0.4, 0.5) is 8.78 Å². The highest BCUT2D eigenvalue weighted by Gasteiger charge is 2.53. The van der Waals surface area contributed by atoms with Crippen molar-refractivity contribution in [1.29, 1.82) is 0 Å². The van der Waals surface area contributed by atoms with E-state index in [9.17, 15) is 23.5 Å². The molecule has 2 N–H and O–H groups in total. The van der Waals surface area contributed by atoms with Crippen molar-refractivity contribution in [2.75, 3.05) is 0 Å². The second-order valence-corrected chi connectivity index (χ2v) is 10.5. The number of allylic oxidation sites excluding steroid dienone is 3. The smallest absolute Gasteiger partial charge is 0.309 e. The van der Waals surface area contributed by atoms with Gasteiger partial charge in [0.05, 0.1) is 16.0 Å². The van der Waals surface area contributed by atoms with Crippen molar-refractivity contribution in [2.45, 2.75) is 56.9 Å². The Morgan fingerprint density at radius 2 is 1.69 bits per heavy atom. The summed E-state index contributed by atoms with van der Waals surface area (Å²) in [7, 11) is 0. The number of nitrogens with one attached hydrogen (secondary N) is 1. The van der Waals surface area contributed by atoms with E-state index in [2.05, 4.69) is 11.9 Å². The monoisotopic (exact) mass is 513 g/mol. The zero-order valence-corrected chi connectivity index (χ0v) is 20.8. The van der Waals surface area contributed by atoms with E-state index < -0.39 is 28.9 Å². The third kappa shape index (κ3) is 5.39. The molecule has 4 nitrogen and oxygen atoms in total. The van der Waals surface area contributed by atoms with Crippen LogP contribution in [0.3, 0.4) is 0 Å². The molecule has 0 aliphatic heterocycles. The highest BCUT2D eigenvalue weighted by atomic mass is 35.5. The molecule has 0 heterocycles. The van der Waals surface area contributed by atoms with Gasteiger partial charge in [0.25, 0.3) is 0 Å². The molecular formula is C29H30ClF2NO3. The normalized spacial score (nSPS) is 24.0. The molecule has 2 aromatic rings. The first-order valence-electron chi connectivity index (χ1n) is 12.2. The van der Waals surface area contributed by atoms with Gasteiger partial charge in [-0.15, -0.1) is 0 Å². The van der Waals surface area contributed by atoms with E-state index in [0.717, 1.165) is 17.7 Å². The minimum Gasteiger partial charge on any atom is -0.481 e. The lowest BCUT2D eigenvalue weighted by molar-refractivity contribution is -0.157. The molecule has 3 saturated carbocycles. The largest absolute Gasteiger partial charge is 0.481 e. The topological polar surface area (TPSA) is 66.4 Å². The molecule has 190 valence electrons. The van der Waals surface area contributed by atoms with Crippen LogP contribution in [-0.2, 0) is 16.0 Å². The maximum Gasteiger partial charge on any atom is 0.309 e. The van der Waals surface area contributed by atoms with Gasteiger partial charge < -0.3 is 10.4 Å². The molecule has 1 amide bonds. The Morgan fingerprint density at radius 1 is 1.06 bits per heavy atom. The van der Waals surface area contributed by atoms with E-state index in [0.29, 0.717) is 51.4 Å². The van der Waals surface area contributed by atoms with E-state index in [4.69, 9.17) is 11.6 Å². The maximum absolute atomic E-state index is 14.4. The molecule has 0 spiro atoms. The molecule has 2 aromatic carbocycles. The molecule has 5 rings (SSSR count). The van der Waals surface area contributed by atoms with Crippen LogP contribution in [-0.4, -0.2) is 22.5 Å². The van der Waals surface area contributed by atoms with Crippen LogP contribution in [0.25, 0.3) is 5.57 Å². The van der Waals surface area contributed by atoms with Gasteiger partial charge in [0.1, 0.15) is 5.82 Å². The SMILES string of the molecule is C=C(/C=C\CC(Cc1ccccc1)C(=O)NC12CCC(C(=O)O)(CC1)CC2)c1c(F)ccc(Cl)c1F. The average Bonchev–Trinajstić information content (AvgIpc) is 2.87. The molecule has 2 bridgehead atoms. The fourth-order valence-electron chi connectivity index (χ4n) is 5.52. The molecule has 3 fully saturated rings. The highest BCUT2D eigenvalue weighted by Crippen LogP contribution is 2.52. The second-order valence-electron chi connectivity index (χ2n) is 10.1. The highest BCUT2D eigenvalue weighted by molar-refractivity contribution is 6.30. The summed E-state index contributed by atoms with van der Waals surface area (Å²) >= 11 is 5.80. The van der Waals surface area contributed by atoms with Gasteiger partial charge in [0.2, 0.25) is 5.91 Å². The third-order valence-electron chi connectivity index (χ3n) is 7.89. The third-order valence-corrected chi connectivity index (χ3v) is 8.18. The van der Waals surface area contributed by atoms with E-state index >= 15 is 0 Å². The fraction of sp³-hybridized carbons (Fsp3) is 0.379. The summed E-state index contributed by atoms with van der Waals surface area (Å²) in [5.41, 5.74) is -0.165. The standard InChI is InChI=1S/C29H30ClF2NO3/c1-19(24-23(31)11-10-22(30)25(24)32)6-5-9-21(18-20-7-3-2-4-8-20)26(34)33-29-15-12-28(13-16-29,14-17-29)27(35)36/h2-8,10-11,21H,1,9,12-18H2,(H,33,34)(H,35,36)/b6-5-. The van der Waals surface area contributed by atoms with Crippen LogP contribution >= 0.6 is 11.6 Å². The van der Waals surface area contributed by atoms with Gasteiger partial charge >= 0.3 is 5.97 Å². The summed E-state index contributed by atoms with van der Waals surface area (Å²) in [5, 5.41) is 12.7. The summed E-state index contributed by atoms with van der Waals surface area (Å²) in [4.78, 5) is 25.2. The van der Waals surface area contributed by atoms with Crippen molar-refractivity contribution < 1.29 is 23.5 Å². The predicted molar refractivity (Wildman–Crippen MR) is 136 cm³/mol. The molecule has 36 heavy (non-hydrogen) atoms. The number of hydrogen-bond donors (Lipinski definition) is 2. The molecule has 1 atom stereocenters. The molecule has 1 unspecified atom stereocenters. The van der Waals surface area contributed by atoms with Crippen LogP contribution < -0.4 is 5.32 Å².